The van der Waals surface area contributed by atoms with Crippen molar-refractivity contribution < 1.29 is 19.2 Å². The average molecular weight is 452 g/mol. The number of aromatic nitrogens is 1. The van der Waals surface area contributed by atoms with Crippen molar-refractivity contribution in [3.63, 3.8) is 0 Å². The molecule has 0 saturated heterocycles. The van der Waals surface area contributed by atoms with Crippen molar-refractivity contribution in [1.29, 1.82) is 0 Å². The molecule has 1 unspecified atom stereocenters. The first-order valence-corrected chi connectivity index (χ1v) is 10.8. The van der Waals surface area contributed by atoms with Gasteiger partial charge in [-0.3, -0.25) is 25.0 Å². The standard InChI is InChI=1S/C22H20N4O5S/c1-12-9-15(3-5-19(12)26(29)30)21(28)25-22-24-18(11-32-22)14-4-6-20-16(10-14)17(7-8-31-20)23-13(2)27/h3-6,9-11,17H,7-8H2,1-2H3,(H,23,27)(H,24,25,28). The molecule has 0 spiro atoms. The van der Waals surface area contributed by atoms with Gasteiger partial charge in [-0.2, -0.15) is 0 Å². The Bertz CT molecular complexity index is 1220. The molecule has 3 aromatic rings. The average Bonchev–Trinajstić information content (AvgIpc) is 3.21. The molecular weight excluding hydrogens is 432 g/mol. The zero-order valence-electron chi connectivity index (χ0n) is 17.4. The number of nitrogens with one attached hydrogen (secondary N) is 2. The third kappa shape index (κ3) is 4.45. The lowest BCUT2D eigenvalue weighted by Gasteiger charge is -2.26. The SMILES string of the molecule is CC(=O)NC1CCOc2ccc(-c3csc(NC(=O)c4ccc([N+](=O)[O-])c(C)c4)n3)cc21. The Labute approximate surface area is 187 Å². The number of hydrogen-bond acceptors (Lipinski definition) is 7. The number of fused-ring (bicyclic) bond motifs is 1. The second-order valence-corrected chi connectivity index (χ2v) is 8.25. The highest BCUT2D eigenvalue weighted by molar-refractivity contribution is 7.14. The van der Waals surface area contributed by atoms with E-state index in [-0.39, 0.29) is 17.6 Å². The molecule has 4 rings (SSSR count). The smallest absolute Gasteiger partial charge is 0.272 e. The molecule has 0 saturated carbocycles. The lowest BCUT2D eigenvalue weighted by atomic mass is 9.97. The summed E-state index contributed by atoms with van der Waals surface area (Å²) in [5.41, 5.74) is 3.10. The number of carbonyl (C=O) groups is 2. The van der Waals surface area contributed by atoms with Crippen LogP contribution in [0.25, 0.3) is 11.3 Å². The summed E-state index contributed by atoms with van der Waals surface area (Å²) in [5, 5.41) is 18.9. The number of rotatable bonds is 5. The Morgan fingerprint density at radius 1 is 1.25 bits per heavy atom. The van der Waals surface area contributed by atoms with Gasteiger partial charge < -0.3 is 10.1 Å². The molecule has 32 heavy (non-hydrogen) atoms. The Morgan fingerprint density at radius 2 is 2.06 bits per heavy atom. The van der Waals surface area contributed by atoms with Gasteiger partial charge in [0.2, 0.25) is 5.91 Å². The molecule has 0 bridgehead atoms. The van der Waals surface area contributed by atoms with E-state index < -0.39 is 10.8 Å². The van der Waals surface area contributed by atoms with Crippen LogP contribution in [0.3, 0.4) is 0 Å². The fourth-order valence-electron chi connectivity index (χ4n) is 3.58. The highest BCUT2D eigenvalue weighted by atomic mass is 32.1. The molecule has 1 atom stereocenters. The third-order valence-corrected chi connectivity index (χ3v) is 5.86. The molecule has 1 aliphatic heterocycles. The minimum Gasteiger partial charge on any atom is -0.493 e. The first-order chi connectivity index (χ1) is 15.3. The van der Waals surface area contributed by atoms with E-state index in [1.54, 1.807) is 6.92 Å². The van der Waals surface area contributed by atoms with Crippen LogP contribution in [0, 0.1) is 17.0 Å². The monoisotopic (exact) mass is 452 g/mol. The van der Waals surface area contributed by atoms with Gasteiger partial charge in [0.05, 0.1) is 23.3 Å². The van der Waals surface area contributed by atoms with Crippen LogP contribution >= 0.6 is 11.3 Å². The van der Waals surface area contributed by atoms with Crippen LogP contribution in [-0.4, -0.2) is 28.3 Å². The van der Waals surface area contributed by atoms with Gasteiger partial charge in [0.25, 0.3) is 11.6 Å². The Balaban J connectivity index is 1.53. The number of nitrogens with zero attached hydrogens (tertiary/aromatic N) is 2. The van der Waals surface area contributed by atoms with Crippen molar-refractivity contribution in [3.8, 4) is 17.0 Å². The Morgan fingerprint density at radius 3 is 2.78 bits per heavy atom. The molecule has 2 aromatic carbocycles. The summed E-state index contributed by atoms with van der Waals surface area (Å²) in [4.78, 5) is 39.1. The Kier molecular flexibility index (Phi) is 5.87. The predicted molar refractivity (Wildman–Crippen MR) is 120 cm³/mol. The molecule has 0 aliphatic carbocycles. The van der Waals surface area contributed by atoms with Crippen LogP contribution in [0.1, 0.15) is 40.9 Å². The van der Waals surface area contributed by atoms with Crippen molar-refractivity contribution in [2.45, 2.75) is 26.3 Å². The minimum atomic E-state index is -0.482. The van der Waals surface area contributed by atoms with Crippen LogP contribution in [0.4, 0.5) is 10.8 Å². The van der Waals surface area contributed by atoms with E-state index in [9.17, 15) is 19.7 Å². The van der Waals surface area contributed by atoms with Crippen LogP contribution in [0.5, 0.6) is 5.75 Å². The highest BCUT2D eigenvalue weighted by Gasteiger charge is 2.23. The van der Waals surface area contributed by atoms with Gasteiger partial charge in [-0.15, -0.1) is 11.3 Å². The van der Waals surface area contributed by atoms with Gasteiger partial charge in [-0.1, -0.05) is 0 Å². The number of nitro benzene ring substituents is 1. The van der Waals surface area contributed by atoms with E-state index >= 15 is 0 Å². The molecule has 0 fully saturated rings. The van der Waals surface area contributed by atoms with E-state index in [1.807, 2.05) is 23.6 Å². The van der Waals surface area contributed by atoms with Gasteiger partial charge >= 0.3 is 0 Å². The number of benzene rings is 2. The first-order valence-electron chi connectivity index (χ1n) is 9.88. The second-order valence-electron chi connectivity index (χ2n) is 7.39. The zero-order chi connectivity index (χ0) is 22.8. The number of hydrogen-bond donors (Lipinski definition) is 2. The van der Waals surface area contributed by atoms with Crippen LogP contribution in [-0.2, 0) is 4.79 Å². The quantitative estimate of drug-likeness (QED) is 0.441. The van der Waals surface area contributed by atoms with Crippen LogP contribution in [0.15, 0.2) is 41.8 Å². The van der Waals surface area contributed by atoms with Crippen molar-refractivity contribution >= 4 is 34.0 Å². The van der Waals surface area contributed by atoms with Gasteiger partial charge in [0.1, 0.15) is 5.75 Å². The van der Waals surface area contributed by atoms with Crippen molar-refractivity contribution in [2.24, 2.45) is 0 Å². The third-order valence-electron chi connectivity index (χ3n) is 5.10. The maximum Gasteiger partial charge on any atom is 0.272 e. The molecule has 1 aromatic heterocycles. The number of nitro groups is 1. The molecule has 164 valence electrons. The van der Waals surface area contributed by atoms with Crippen molar-refractivity contribution in [1.82, 2.24) is 10.3 Å². The predicted octanol–water partition coefficient (Wildman–Crippen LogP) is 4.24. The van der Waals surface area contributed by atoms with Crippen molar-refractivity contribution in [2.75, 3.05) is 11.9 Å². The van der Waals surface area contributed by atoms with Crippen LogP contribution in [0.2, 0.25) is 0 Å². The second kappa shape index (κ2) is 8.75. The maximum absolute atomic E-state index is 12.6. The van der Waals surface area contributed by atoms with Crippen LogP contribution < -0.4 is 15.4 Å². The summed E-state index contributed by atoms with van der Waals surface area (Å²) in [6.07, 6.45) is 0.684. The first kappa shape index (κ1) is 21.4. The minimum absolute atomic E-state index is 0.0351. The fraction of sp³-hybridized carbons (Fsp3) is 0.227. The summed E-state index contributed by atoms with van der Waals surface area (Å²) < 4.78 is 5.70. The molecule has 2 N–H and O–H groups in total. The summed E-state index contributed by atoms with van der Waals surface area (Å²) in [5.74, 6) is 0.234. The normalized spacial score (nSPS) is 14.8. The number of thiazole rings is 1. The van der Waals surface area contributed by atoms with Gasteiger partial charge in [0, 0.05) is 47.0 Å². The van der Waals surface area contributed by atoms with Gasteiger partial charge in [0.15, 0.2) is 5.13 Å². The number of amides is 2. The van der Waals surface area contributed by atoms with E-state index in [1.165, 1.54) is 36.5 Å². The highest BCUT2D eigenvalue weighted by Crippen LogP contribution is 2.36. The molecule has 0 radical (unpaired) electrons. The summed E-state index contributed by atoms with van der Waals surface area (Å²) >= 11 is 1.28. The van der Waals surface area contributed by atoms with E-state index in [0.29, 0.717) is 35.0 Å². The number of aryl methyl sites for hydroxylation is 1. The van der Waals surface area contributed by atoms with Crippen molar-refractivity contribution in [3.05, 3.63) is 68.6 Å². The Hall–Kier alpha value is -3.79. The van der Waals surface area contributed by atoms with E-state index in [2.05, 4.69) is 15.6 Å². The summed E-state index contributed by atoms with van der Waals surface area (Å²) in [7, 11) is 0. The molecular formula is C22H20N4O5S. The van der Waals surface area contributed by atoms with E-state index in [4.69, 9.17) is 4.74 Å². The maximum atomic E-state index is 12.6. The topological polar surface area (TPSA) is 123 Å². The lowest BCUT2D eigenvalue weighted by Crippen LogP contribution is -2.30. The fourth-order valence-corrected chi connectivity index (χ4v) is 4.30. The molecule has 1 aliphatic rings. The van der Waals surface area contributed by atoms with E-state index in [0.717, 1.165) is 16.9 Å². The molecule has 10 heteroatoms. The zero-order valence-corrected chi connectivity index (χ0v) is 18.2. The lowest BCUT2D eigenvalue weighted by molar-refractivity contribution is -0.385. The molecule has 9 nitrogen and oxygen atoms in total. The number of carbonyl (C=O) groups excluding carboxylic acids is 2. The molecule has 2 heterocycles. The number of anilines is 1. The molecule has 2 amide bonds. The van der Waals surface area contributed by atoms with Gasteiger partial charge in [-0.25, -0.2) is 4.98 Å². The summed E-state index contributed by atoms with van der Waals surface area (Å²) in [6.45, 7) is 3.61. The van der Waals surface area contributed by atoms with Gasteiger partial charge in [-0.05, 0) is 37.3 Å². The summed E-state index contributed by atoms with van der Waals surface area (Å²) in [6, 6.07) is 9.77. The number of ether oxygens (including phenoxy) is 1. The largest absolute Gasteiger partial charge is 0.493 e.